The molecule has 2 aliphatic heterocycles. The molecule has 18 aromatic carbocycles. The van der Waals surface area contributed by atoms with Crippen LogP contribution in [0.25, 0.3) is 214 Å². The highest BCUT2D eigenvalue weighted by Crippen LogP contribution is 2.49. The molecular formula is C108H66BN5. The van der Waals surface area contributed by atoms with Gasteiger partial charge < -0.3 is 22.8 Å². The van der Waals surface area contributed by atoms with E-state index in [1.54, 1.807) is 12.1 Å². The van der Waals surface area contributed by atoms with E-state index < -0.39 is 128 Å². The number of benzene rings is 18. The number of aromatic nitrogens is 5. The molecule has 0 saturated carbocycles. The summed E-state index contributed by atoms with van der Waals surface area (Å²) in [6.07, 6.45) is 0. The summed E-state index contributed by atoms with van der Waals surface area (Å²) in [7, 11) is 0. The van der Waals surface area contributed by atoms with Gasteiger partial charge in [-0.25, -0.2) is 0 Å². The molecule has 0 amide bonds. The van der Waals surface area contributed by atoms with Crippen LogP contribution >= 0.6 is 0 Å². The molecule has 0 bridgehead atoms. The predicted molar refractivity (Wildman–Crippen MR) is 484 cm³/mol. The average molecular weight is 1470 g/mol. The van der Waals surface area contributed by atoms with Crippen molar-refractivity contribution in [3.05, 3.63) is 400 Å². The molecule has 5 nitrogen and oxygen atoms in total. The Balaban J connectivity index is 1.04. The molecular weight excluding hydrogens is 1380 g/mol. The lowest BCUT2D eigenvalue weighted by Gasteiger charge is -2.37. The summed E-state index contributed by atoms with van der Waals surface area (Å²) in [6.45, 7) is -1.79. The molecule has 6 heteroatoms. The highest BCUT2D eigenvalue weighted by molar-refractivity contribution is 7.00. The highest BCUT2D eigenvalue weighted by Gasteiger charge is 2.42. The Bertz CT molecular complexity index is 9050. The van der Waals surface area contributed by atoms with Crippen molar-refractivity contribution in [3.63, 3.8) is 0 Å². The number of rotatable bonds is 6. The van der Waals surface area contributed by atoms with E-state index in [9.17, 15) is 30.2 Å². The van der Waals surface area contributed by atoms with Gasteiger partial charge in [0.25, 0.3) is 6.71 Å². The fourth-order valence-corrected chi connectivity index (χ4v) is 18.9. The van der Waals surface area contributed by atoms with Crippen molar-refractivity contribution in [2.24, 2.45) is 0 Å². The zero-order chi connectivity index (χ0) is 93.5. The van der Waals surface area contributed by atoms with E-state index in [0.717, 1.165) is 27.5 Å². The smallest absolute Gasteiger partial charge is 0.252 e. The second kappa shape index (κ2) is 24.3. The van der Waals surface area contributed by atoms with Gasteiger partial charge in [0.15, 0.2) is 0 Å². The van der Waals surface area contributed by atoms with E-state index in [0.29, 0.717) is 92.7 Å². The molecule has 0 unspecified atom stereocenters. The minimum Gasteiger partial charge on any atom is -0.309 e. The van der Waals surface area contributed by atoms with Gasteiger partial charge in [0.05, 0.1) is 96.7 Å². The van der Waals surface area contributed by atoms with Gasteiger partial charge in [-0.2, -0.15) is 0 Å². The largest absolute Gasteiger partial charge is 0.309 e. The van der Waals surface area contributed by atoms with E-state index >= 15 is 0 Å². The molecule has 2 aliphatic rings. The number of para-hydroxylation sites is 8. The molecule has 7 heterocycles. The van der Waals surface area contributed by atoms with Crippen LogP contribution < -0.4 is 16.4 Å². The van der Waals surface area contributed by atoms with Gasteiger partial charge in [-0.05, 0) is 154 Å². The van der Waals surface area contributed by atoms with Gasteiger partial charge in [-0.3, -0.25) is 0 Å². The van der Waals surface area contributed by atoms with Crippen LogP contribution in [0.4, 0.5) is 0 Å². The van der Waals surface area contributed by atoms with Crippen LogP contribution in [-0.2, 0) is 0 Å². The van der Waals surface area contributed by atoms with E-state index in [1.807, 2.05) is 240 Å². The SMILES string of the molecule is [2H]c1c(-c2ccc(-n3c4ccccc4c4ccccc43)cc2)c([2H])c2c3c1-n1c4c(-c5ccccc5)cccc4c4ccccc4c4ccccc4c4c(-n5c6c([2H])c([2H])c([2H])c([2H])c6c6c([2H])c([2H])c([2H])c([2H])c65)c([2H])c([2H])c(c41)B3c1c([2H])c([2H])c(-n3c4c([2H])c([2H])c([2H])c([2H])c4c4c([2H])c([2H])c([2H])c([2H])c43)c3c4ccccc4c4ccccc4c4cccc(-c5ccccc5)c4n-2c13. The van der Waals surface area contributed by atoms with Crippen molar-refractivity contribution in [2.75, 3.05) is 0 Å². The normalized spacial score (nSPS) is 15.1. The predicted octanol–water partition coefficient (Wildman–Crippen LogP) is 26.2. The molecule has 0 radical (unpaired) electrons. The van der Waals surface area contributed by atoms with Crippen LogP contribution in [0.2, 0.25) is 0 Å². The summed E-state index contributed by atoms with van der Waals surface area (Å²) in [4.78, 5) is 0. The molecule has 25 rings (SSSR count). The summed E-state index contributed by atoms with van der Waals surface area (Å²) in [5.74, 6) is 0. The van der Waals surface area contributed by atoms with E-state index in [1.165, 1.54) is 9.13 Å². The zero-order valence-corrected chi connectivity index (χ0v) is 60.2. The van der Waals surface area contributed by atoms with Crippen LogP contribution in [0.1, 0.15) is 30.2 Å². The average Bonchev–Trinajstić information content (AvgIpc) is 1.08. The minimum atomic E-state index is -1.79. The fraction of sp³-hybridized carbons (Fsp3) is 0. The second-order valence-corrected chi connectivity index (χ2v) is 29.1. The Morgan fingerprint density at radius 1 is 0.202 bits per heavy atom. The van der Waals surface area contributed by atoms with Crippen molar-refractivity contribution in [1.82, 2.24) is 22.8 Å². The van der Waals surface area contributed by atoms with Crippen LogP contribution in [0.15, 0.2) is 400 Å². The number of hydrogen-bond acceptors (Lipinski definition) is 0. The number of nitrogens with zero attached hydrogens (tertiary/aromatic N) is 5. The molecule has 5 aromatic heterocycles. The third kappa shape index (κ3) is 8.79. The molecule has 0 aliphatic carbocycles. The first-order valence-corrected chi connectivity index (χ1v) is 37.8. The molecule has 526 valence electrons. The Morgan fingerprint density at radius 3 is 0.939 bits per heavy atom. The lowest BCUT2D eigenvalue weighted by molar-refractivity contribution is 1.13. The number of hydrogen-bond donors (Lipinski definition) is 0. The fourth-order valence-electron chi connectivity index (χ4n) is 18.9. The summed E-state index contributed by atoms with van der Waals surface area (Å²) < 4.78 is 238. The van der Waals surface area contributed by atoms with Crippen molar-refractivity contribution in [3.8, 4) is 61.8 Å². The van der Waals surface area contributed by atoms with Gasteiger partial charge >= 0.3 is 0 Å². The number of fused-ring (bicyclic) bond motifs is 27. The van der Waals surface area contributed by atoms with Crippen LogP contribution in [0.5, 0.6) is 0 Å². The van der Waals surface area contributed by atoms with Gasteiger partial charge in [-0.1, -0.05) is 327 Å². The summed E-state index contributed by atoms with van der Waals surface area (Å²) in [6, 6.07) is 70.2. The summed E-state index contributed by atoms with van der Waals surface area (Å²) in [5.41, 5.74) is 3.79. The Labute approximate surface area is 686 Å². The standard InChI is InChI=1S/C108H66BN5/c1-3-29-68(30-4-1)72-47-27-49-88-78-37-9-7-33-74(78)76-35-11-13-45-86(76)102-98(111-94-53-23-17-41-82(94)83-42-18-24-54-95(83)111)63-61-90-107(102)113(105(72)88)100-65-70(67-57-59-71(60-58-67)110-92-51-21-15-39-80(92)81-40-16-22-52-93(81)110)66-101-104(100)109(90)91-62-64-99(112-96-55-25-19-43-84(96)85-44-20-26-56-97(85)112)103-87-46-14-12-36-77(87)75-34-8-10-38-79(75)89-50-28-48-73(69-31-5-2-6-32-69)106(89)114(101)108(91)103/h1-66H/i17D,18D,19D,20D,23D,24D,25D,26D,41D,42D,43D,44D,53D,54D,55D,56D,61D,62D,63D,64D,65D,66D. The van der Waals surface area contributed by atoms with E-state index in [-0.39, 0.29) is 122 Å². The molecule has 114 heavy (non-hydrogen) atoms. The molecule has 0 spiro atoms. The first kappa shape index (κ1) is 45.2. The first-order valence-electron chi connectivity index (χ1n) is 48.8. The molecule has 0 atom stereocenters. The first-order chi connectivity index (χ1) is 65.8. The van der Waals surface area contributed by atoms with E-state index in [2.05, 4.69) is 28.8 Å². The van der Waals surface area contributed by atoms with Gasteiger partial charge in [0.2, 0.25) is 0 Å². The quantitative estimate of drug-likeness (QED) is 0.148. The molecule has 0 N–H and O–H groups in total. The molecule has 0 fully saturated rings. The van der Waals surface area contributed by atoms with Crippen LogP contribution in [0.3, 0.4) is 0 Å². The summed E-state index contributed by atoms with van der Waals surface area (Å²) >= 11 is 0. The van der Waals surface area contributed by atoms with E-state index in [4.69, 9.17) is 0 Å². The van der Waals surface area contributed by atoms with Gasteiger partial charge in [-0.15, -0.1) is 0 Å². The lowest BCUT2D eigenvalue weighted by Crippen LogP contribution is -2.60. The van der Waals surface area contributed by atoms with Crippen molar-refractivity contribution >= 4 is 175 Å². The second-order valence-electron chi connectivity index (χ2n) is 29.1. The van der Waals surface area contributed by atoms with Crippen LogP contribution in [-0.4, -0.2) is 29.5 Å². The Kier molecular flexibility index (Phi) is 9.63. The summed E-state index contributed by atoms with van der Waals surface area (Å²) in [5, 5.41) is 5.82. The van der Waals surface area contributed by atoms with Crippen molar-refractivity contribution in [2.45, 2.75) is 0 Å². The zero-order valence-electron chi connectivity index (χ0n) is 82.2. The third-order valence-electron chi connectivity index (χ3n) is 23.4. The van der Waals surface area contributed by atoms with Crippen molar-refractivity contribution in [1.29, 1.82) is 0 Å². The van der Waals surface area contributed by atoms with Gasteiger partial charge in [0.1, 0.15) is 0 Å². The maximum absolute atomic E-state index is 12.3. The van der Waals surface area contributed by atoms with Crippen LogP contribution in [0, 0.1) is 0 Å². The van der Waals surface area contributed by atoms with Crippen molar-refractivity contribution < 1.29 is 30.2 Å². The minimum absolute atomic E-state index is 0.00717. The monoisotopic (exact) mass is 1470 g/mol. The molecule has 23 aromatic rings. The molecule has 0 saturated heterocycles. The maximum atomic E-state index is 12.3. The third-order valence-corrected chi connectivity index (χ3v) is 23.4. The lowest BCUT2D eigenvalue weighted by atomic mass is 9.34. The highest BCUT2D eigenvalue weighted by atomic mass is 15.1. The topological polar surface area (TPSA) is 24.6 Å². The Hall–Kier alpha value is -15.0. The maximum Gasteiger partial charge on any atom is 0.252 e. The Morgan fingerprint density at radius 2 is 0.535 bits per heavy atom. The van der Waals surface area contributed by atoms with Gasteiger partial charge in [0, 0.05) is 82.1 Å².